The molecule has 0 unspecified atom stereocenters. The summed E-state index contributed by atoms with van der Waals surface area (Å²) in [7, 11) is 0. The maximum Gasteiger partial charge on any atom is 0.132 e. The minimum absolute atomic E-state index is 0.511. The van der Waals surface area contributed by atoms with Crippen LogP contribution in [0.2, 0.25) is 0 Å². The lowest BCUT2D eigenvalue weighted by atomic mass is 9.88. The zero-order valence-corrected chi connectivity index (χ0v) is 13.9. The number of hydrogen-bond acceptors (Lipinski definition) is 4. The third-order valence-corrected chi connectivity index (χ3v) is 4.56. The van der Waals surface area contributed by atoms with Crippen molar-refractivity contribution < 1.29 is 0 Å². The summed E-state index contributed by atoms with van der Waals surface area (Å²) < 4.78 is 0. The Balaban J connectivity index is 1.95. The van der Waals surface area contributed by atoms with Crippen molar-refractivity contribution >= 4 is 5.69 Å². The summed E-state index contributed by atoms with van der Waals surface area (Å²) in [6.45, 7) is 3.42. The van der Waals surface area contributed by atoms with E-state index in [1.807, 2.05) is 6.20 Å². The van der Waals surface area contributed by atoms with Gasteiger partial charge in [0.2, 0.25) is 0 Å². The van der Waals surface area contributed by atoms with Crippen LogP contribution in [0.15, 0.2) is 30.5 Å². The minimum atomic E-state index is 0.511. The number of aromatic nitrogens is 2. The van der Waals surface area contributed by atoms with Crippen molar-refractivity contribution in [1.29, 1.82) is 0 Å². The maximum absolute atomic E-state index is 5.63. The van der Waals surface area contributed by atoms with E-state index in [9.17, 15) is 0 Å². The molecule has 0 aliphatic heterocycles. The van der Waals surface area contributed by atoms with Crippen LogP contribution in [0.5, 0.6) is 0 Å². The summed E-state index contributed by atoms with van der Waals surface area (Å²) in [6.07, 6.45) is 8.28. The normalized spacial score (nSPS) is 15.6. The molecule has 3 N–H and O–H groups in total. The lowest BCUT2D eigenvalue weighted by Crippen LogP contribution is -2.15. The Hall–Kier alpha value is -1.94. The smallest absolute Gasteiger partial charge is 0.132 e. The molecule has 0 spiro atoms. The summed E-state index contributed by atoms with van der Waals surface area (Å²) in [5.74, 6) is 1.51. The van der Waals surface area contributed by atoms with Gasteiger partial charge in [0.25, 0.3) is 0 Å². The van der Waals surface area contributed by atoms with E-state index in [4.69, 9.17) is 10.7 Å². The zero-order valence-electron chi connectivity index (χ0n) is 13.9. The van der Waals surface area contributed by atoms with Gasteiger partial charge in [-0.3, -0.25) is 0 Å². The van der Waals surface area contributed by atoms with E-state index in [1.165, 1.54) is 37.7 Å². The number of aryl methyl sites for hydroxylation is 1. The van der Waals surface area contributed by atoms with Crippen LogP contribution in [0.3, 0.4) is 0 Å². The second-order valence-corrected chi connectivity index (χ2v) is 6.41. The Labute approximate surface area is 138 Å². The molecule has 1 saturated carbocycles. The van der Waals surface area contributed by atoms with E-state index in [0.29, 0.717) is 12.5 Å². The molecular formula is C19H26N4. The van der Waals surface area contributed by atoms with Crippen LogP contribution in [0.1, 0.15) is 49.4 Å². The fourth-order valence-electron chi connectivity index (χ4n) is 3.22. The summed E-state index contributed by atoms with van der Waals surface area (Å²) in [6, 6.07) is 8.53. The zero-order chi connectivity index (χ0) is 16.1. The molecule has 1 aromatic carbocycles. The summed E-state index contributed by atoms with van der Waals surface area (Å²) in [5, 5.41) is 3.36. The molecule has 3 rings (SSSR count). The van der Waals surface area contributed by atoms with Crippen molar-refractivity contribution in [1.82, 2.24) is 9.97 Å². The Morgan fingerprint density at radius 1 is 1.13 bits per heavy atom. The highest BCUT2D eigenvalue weighted by Gasteiger charge is 2.20. The van der Waals surface area contributed by atoms with Crippen molar-refractivity contribution in [3.8, 4) is 11.3 Å². The Kier molecular flexibility index (Phi) is 5.23. The largest absolute Gasteiger partial charge is 0.381 e. The first-order valence-corrected chi connectivity index (χ1v) is 8.66. The first-order chi connectivity index (χ1) is 11.3. The third-order valence-electron chi connectivity index (χ3n) is 4.56. The molecule has 23 heavy (non-hydrogen) atoms. The van der Waals surface area contributed by atoms with Crippen molar-refractivity contribution in [2.24, 2.45) is 5.73 Å². The fraction of sp³-hybridized carbons (Fsp3) is 0.474. The number of nitrogens with two attached hydrogens (primary N) is 1. The first kappa shape index (κ1) is 15.9. The Morgan fingerprint density at radius 2 is 1.87 bits per heavy atom. The Morgan fingerprint density at radius 3 is 2.57 bits per heavy atom. The third kappa shape index (κ3) is 3.88. The second-order valence-electron chi connectivity index (χ2n) is 6.41. The van der Waals surface area contributed by atoms with Gasteiger partial charge in [-0.2, -0.15) is 0 Å². The van der Waals surface area contributed by atoms with Gasteiger partial charge in [0.1, 0.15) is 5.82 Å². The highest BCUT2D eigenvalue weighted by Crippen LogP contribution is 2.33. The molecule has 1 aliphatic carbocycles. The Bertz CT molecular complexity index is 630. The number of rotatable bonds is 5. The number of nitrogens with zero attached hydrogens (tertiary/aromatic N) is 2. The molecule has 0 amide bonds. The average Bonchev–Trinajstić information content (AvgIpc) is 2.61. The highest BCUT2D eigenvalue weighted by atomic mass is 15.0. The molecule has 1 aliphatic rings. The molecule has 1 heterocycles. The second kappa shape index (κ2) is 7.55. The molecular weight excluding hydrogens is 284 g/mol. The number of nitrogens with one attached hydrogen (secondary N) is 1. The number of benzene rings is 1. The monoisotopic (exact) mass is 310 g/mol. The number of anilines is 1. The van der Waals surface area contributed by atoms with Gasteiger partial charge in [0.05, 0.1) is 17.6 Å². The topological polar surface area (TPSA) is 63.8 Å². The lowest BCUT2D eigenvalue weighted by molar-refractivity contribution is 0.429. The van der Waals surface area contributed by atoms with Crippen LogP contribution in [0.4, 0.5) is 5.69 Å². The maximum atomic E-state index is 5.63. The van der Waals surface area contributed by atoms with Crippen molar-refractivity contribution in [3.05, 3.63) is 41.9 Å². The van der Waals surface area contributed by atoms with Crippen LogP contribution < -0.4 is 11.1 Å². The average molecular weight is 310 g/mol. The van der Waals surface area contributed by atoms with Crippen LogP contribution in [0.25, 0.3) is 11.3 Å². The molecule has 0 saturated heterocycles. The van der Waals surface area contributed by atoms with E-state index in [2.05, 4.69) is 41.5 Å². The molecule has 0 bridgehead atoms. The van der Waals surface area contributed by atoms with Gasteiger partial charge >= 0.3 is 0 Å². The van der Waals surface area contributed by atoms with Crippen LogP contribution in [-0.4, -0.2) is 23.1 Å². The molecule has 1 fully saturated rings. The number of hydrogen-bond donors (Lipinski definition) is 2. The lowest BCUT2D eigenvalue weighted by Gasteiger charge is -2.21. The van der Waals surface area contributed by atoms with E-state index >= 15 is 0 Å². The quantitative estimate of drug-likeness (QED) is 0.880. The van der Waals surface area contributed by atoms with Gasteiger partial charge < -0.3 is 11.1 Å². The standard InChI is InChI=1S/C19H26N4/c1-14-7-9-15(10-8-14)18-17(21-12-11-20)13-22-19(23-18)16-5-3-2-4-6-16/h7-10,13,16,21H,2-6,11-12,20H2,1H3. The van der Waals surface area contributed by atoms with Crippen LogP contribution in [-0.2, 0) is 0 Å². The predicted octanol–water partition coefficient (Wildman–Crippen LogP) is 3.87. The fourth-order valence-corrected chi connectivity index (χ4v) is 3.22. The molecule has 4 nitrogen and oxygen atoms in total. The van der Waals surface area contributed by atoms with Gasteiger partial charge in [-0.1, -0.05) is 49.1 Å². The molecule has 1 aromatic heterocycles. The molecule has 4 heteroatoms. The van der Waals surface area contributed by atoms with E-state index < -0.39 is 0 Å². The van der Waals surface area contributed by atoms with Crippen LogP contribution >= 0.6 is 0 Å². The van der Waals surface area contributed by atoms with Crippen molar-refractivity contribution in [2.75, 3.05) is 18.4 Å². The highest BCUT2D eigenvalue weighted by molar-refractivity contribution is 5.73. The van der Waals surface area contributed by atoms with Gasteiger partial charge in [-0.25, -0.2) is 9.97 Å². The predicted molar refractivity (Wildman–Crippen MR) is 95.6 cm³/mol. The van der Waals surface area contributed by atoms with Gasteiger partial charge in [-0.05, 0) is 19.8 Å². The van der Waals surface area contributed by atoms with Crippen molar-refractivity contribution in [3.63, 3.8) is 0 Å². The SMILES string of the molecule is Cc1ccc(-c2nc(C3CCCCC3)ncc2NCCN)cc1. The summed E-state index contributed by atoms with van der Waals surface area (Å²) in [5.41, 5.74) is 9.98. The van der Waals surface area contributed by atoms with Gasteiger partial charge in [0, 0.05) is 24.6 Å². The van der Waals surface area contributed by atoms with E-state index in [0.717, 1.165) is 29.3 Å². The van der Waals surface area contributed by atoms with Gasteiger partial charge in [-0.15, -0.1) is 0 Å². The molecule has 2 aromatic rings. The molecule has 122 valence electrons. The van der Waals surface area contributed by atoms with E-state index in [-0.39, 0.29) is 0 Å². The van der Waals surface area contributed by atoms with Crippen LogP contribution in [0, 0.1) is 6.92 Å². The van der Waals surface area contributed by atoms with Gasteiger partial charge in [0.15, 0.2) is 0 Å². The first-order valence-electron chi connectivity index (χ1n) is 8.66. The van der Waals surface area contributed by atoms with E-state index in [1.54, 1.807) is 0 Å². The minimum Gasteiger partial charge on any atom is -0.381 e. The molecule has 0 radical (unpaired) electrons. The van der Waals surface area contributed by atoms with Crippen molar-refractivity contribution in [2.45, 2.75) is 44.9 Å². The molecule has 0 atom stereocenters. The summed E-state index contributed by atoms with van der Waals surface area (Å²) >= 11 is 0. The summed E-state index contributed by atoms with van der Waals surface area (Å²) in [4.78, 5) is 9.58.